The Morgan fingerprint density at radius 1 is 1.43 bits per heavy atom. The van der Waals surface area contributed by atoms with E-state index in [1.807, 2.05) is 0 Å². The number of fused-ring (bicyclic) bond motifs is 1. The molecule has 1 aliphatic heterocycles. The summed E-state index contributed by atoms with van der Waals surface area (Å²) in [7, 11) is -2.06. The average molecular weight is 353 g/mol. The second kappa shape index (κ2) is 7.40. The van der Waals surface area contributed by atoms with Gasteiger partial charge in [-0.1, -0.05) is 6.92 Å². The monoisotopic (exact) mass is 353 g/mol. The Labute approximate surface area is 133 Å². The van der Waals surface area contributed by atoms with Crippen molar-refractivity contribution in [1.29, 1.82) is 0 Å². The van der Waals surface area contributed by atoms with Crippen molar-refractivity contribution in [2.24, 2.45) is 5.14 Å². The van der Waals surface area contributed by atoms with E-state index < -0.39 is 10.0 Å². The molecular formula is C12H19NO5S3. The maximum absolute atomic E-state index is 11.5. The minimum Gasteiger partial charge on any atom is -0.382 e. The fourth-order valence-corrected chi connectivity index (χ4v) is 5.39. The molecule has 0 amide bonds. The van der Waals surface area contributed by atoms with E-state index in [-0.39, 0.29) is 17.1 Å². The van der Waals surface area contributed by atoms with E-state index in [0.29, 0.717) is 18.5 Å². The number of rotatable bonds is 7. The second-order valence-corrected chi connectivity index (χ2v) is 9.03. The molecule has 0 saturated carbocycles. The third-order valence-corrected chi connectivity index (χ3v) is 6.90. The van der Waals surface area contributed by atoms with Crippen LogP contribution in [-0.2, 0) is 24.2 Å². The van der Waals surface area contributed by atoms with E-state index in [4.69, 9.17) is 19.3 Å². The minimum atomic E-state index is -3.67. The number of thioether (sulfide) groups is 1. The molecule has 0 bridgehead atoms. The number of hydrogen-bond acceptors (Lipinski definition) is 7. The van der Waals surface area contributed by atoms with E-state index >= 15 is 0 Å². The zero-order valence-corrected chi connectivity index (χ0v) is 14.4. The average Bonchev–Trinajstić information content (AvgIpc) is 2.82. The number of thiophene rings is 1. The molecule has 2 atom stereocenters. The molecule has 1 aromatic heterocycles. The quantitative estimate of drug-likeness (QED) is 0.595. The number of nitrogens with two attached hydrogens (primary N) is 1. The molecule has 0 spiro atoms. The molecule has 0 saturated heterocycles. The molecule has 0 aliphatic carbocycles. The van der Waals surface area contributed by atoms with Crippen molar-refractivity contribution in [3.63, 3.8) is 0 Å². The molecule has 6 nitrogen and oxygen atoms in total. The van der Waals surface area contributed by atoms with Gasteiger partial charge >= 0.3 is 0 Å². The van der Waals surface area contributed by atoms with Crippen molar-refractivity contribution >= 4 is 33.1 Å². The summed E-state index contributed by atoms with van der Waals surface area (Å²) in [6, 6.07) is 1.64. The van der Waals surface area contributed by atoms with Gasteiger partial charge in [-0.2, -0.15) is 0 Å². The van der Waals surface area contributed by atoms with Gasteiger partial charge < -0.3 is 14.2 Å². The summed E-state index contributed by atoms with van der Waals surface area (Å²) < 4.78 is 39.1. The molecular weight excluding hydrogens is 334 g/mol. The lowest BCUT2D eigenvalue weighted by atomic mass is 10.1. The number of methoxy groups -OCH3 is 1. The molecule has 0 fully saturated rings. The largest absolute Gasteiger partial charge is 0.382 e. The molecule has 0 aromatic carbocycles. The van der Waals surface area contributed by atoms with Gasteiger partial charge in [0.25, 0.3) is 0 Å². The molecule has 1 aliphatic rings. The molecule has 9 heteroatoms. The highest BCUT2D eigenvalue weighted by atomic mass is 32.2. The van der Waals surface area contributed by atoms with Gasteiger partial charge in [-0.3, -0.25) is 0 Å². The molecule has 21 heavy (non-hydrogen) atoms. The molecule has 2 rings (SSSR count). The first-order valence-electron chi connectivity index (χ1n) is 6.43. The fraction of sp³-hybridized carbons (Fsp3) is 0.667. The first kappa shape index (κ1) is 17.2. The Morgan fingerprint density at radius 2 is 2.19 bits per heavy atom. The third-order valence-electron chi connectivity index (χ3n) is 2.93. The zero-order chi connectivity index (χ0) is 15.5. The molecule has 2 unspecified atom stereocenters. The second-order valence-electron chi connectivity index (χ2n) is 4.68. The predicted molar refractivity (Wildman–Crippen MR) is 82.1 cm³/mol. The number of hydrogen-bond donors (Lipinski definition) is 1. The lowest BCUT2D eigenvalue weighted by Crippen LogP contribution is -2.16. The zero-order valence-electron chi connectivity index (χ0n) is 11.9. The SMILES string of the molecule is COCCOCOC1CC(C)Sc2cc(S(N)(=O)=O)sc21. The van der Waals surface area contributed by atoms with Gasteiger partial charge in [0.05, 0.1) is 19.3 Å². The van der Waals surface area contributed by atoms with E-state index in [0.717, 1.165) is 16.2 Å². The first-order chi connectivity index (χ1) is 9.91. The van der Waals surface area contributed by atoms with Crippen LogP contribution in [-0.4, -0.2) is 40.8 Å². The highest BCUT2D eigenvalue weighted by Crippen LogP contribution is 2.47. The smallest absolute Gasteiger partial charge is 0.247 e. The van der Waals surface area contributed by atoms with E-state index in [1.54, 1.807) is 24.9 Å². The van der Waals surface area contributed by atoms with Crippen LogP contribution in [0.1, 0.15) is 24.3 Å². The van der Waals surface area contributed by atoms with Crippen LogP contribution >= 0.6 is 23.1 Å². The normalized spacial score (nSPS) is 22.2. The predicted octanol–water partition coefficient (Wildman–Crippen LogP) is 1.96. The van der Waals surface area contributed by atoms with Crippen LogP contribution in [0, 0.1) is 0 Å². The van der Waals surface area contributed by atoms with Crippen molar-refractivity contribution in [1.82, 2.24) is 0 Å². The maximum atomic E-state index is 11.5. The van der Waals surface area contributed by atoms with Gasteiger partial charge in [-0.05, 0) is 12.5 Å². The van der Waals surface area contributed by atoms with E-state index in [1.165, 1.54) is 11.3 Å². The summed E-state index contributed by atoms with van der Waals surface area (Å²) in [5, 5.41) is 5.55. The van der Waals surface area contributed by atoms with Crippen LogP contribution in [0.25, 0.3) is 0 Å². The Morgan fingerprint density at radius 3 is 2.86 bits per heavy atom. The van der Waals surface area contributed by atoms with Gasteiger partial charge in [0.15, 0.2) is 0 Å². The lowest BCUT2D eigenvalue weighted by Gasteiger charge is -2.26. The summed E-state index contributed by atoms with van der Waals surface area (Å²) in [4.78, 5) is 1.85. The number of ether oxygens (including phenoxy) is 3. The van der Waals surface area contributed by atoms with Crippen LogP contribution < -0.4 is 5.14 Å². The van der Waals surface area contributed by atoms with Crippen LogP contribution in [0.2, 0.25) is 0 Å². The first-order valence-corrected chi connectivity index (χ1v) is 9.67. The van der Waals surface area contributed by atoms with Crippen molar-refractivity contribution < 1.29 is 22.6 Å². The highest BCUT2D eigenvalue weighted by Gasteiger charge is 2.30. The Hall–Kier alpha value is -0.160. The van der Waals surface area contributed by atoms with Crippen molar-refractivity contribution in [3.8, 4) is 0 Å². The van der Waals surface area contributed by atoms with Gasteiger partial charge in [-0.15, -0.1) is 23.1 Å². The Balaban J connectivity index is 2.05. The topological polar surface area (TPSA) is 87.8 Å². The van der Waals surface area contributed by atoms with Crippen molar-refractivity contribution in [3.05, 3.63) is 10.9 Å². The van der Waals surface area contributed by atoms with Gasteiger partial charge in [0, 0.05) is 22.1 Å². The van der Waals surface area contributed by atoms with Crippen LogP contribution in [0.15, 0.2) is 15.2 Å². The third kappa shape index (κ3) is 4.65. The van der Waals surface area contributed by atoms with Crippen molar-refractivity contribution in [2.45, 2.75) is 33.8 Å². The lowest BCUT2D eigenvalue weighted by molar-refractivity contribution is -0.101. The van der Waals surface area contributed by atoms with Gasteiger partial charge in [0.1, 0.15) is 11.0 Å². The van der Waals surface area contributed by atoms with Crippen molar-refractivity contribution in [2.75, 3.05) is 27.1 Å². The number of sulfonamides is 1. The minimum absolute atomic E-state index is 0.153. The molecule has 120 valence electrons. The van der Waals surface area contributed by atoms with E-state index in [9.17, 15) is 8.42 Å². The summed E-state index contributed by atoms with van der Waals surface area (Å²) >= 11 is 2.83. The van der Waals surface area contributed by atoms with Crippen LogP contribution in [0.5, 0.6) is 0 Å². The molecule has 2 heterocycles. The molecule has 0 radical (unpaired) electrons. The van der Waals surface area contributed by atoms with Crippen LogP contribution in [0.4, 0.5) is 0 Å². The maximum Gasteiger partial charge on any atom is 0.247 e. The molecule has 2 N–H and O–H groups in total. The number of primary sulfonamides is 1. The van der Waals surface area contributed by atoms with Gasteiger partial charge in [-0.25, -0.2) is 13.6 Å². The Bertz CT molecular complexity index is 571. The Kier molecular flexibility index (Phi) is 6.06. The standard InChI is InChI=1S/C12H19NO5S3/c1-8-5-9(18-7-17-4-3-16-2)12-10(19-8)6-11(20-12)21(13,14)15/h6,8-9H,3-5,7H2,1-2H3,(H2,13,14,15). The highest BCUT2D eigenvalue weighted by molar-refractivity contribution is 8.00. The summed E-state index contributed by atoms with van der Waals surface area (Å²) in [6.07, 6.45) is 0.662. The molecule has 1 aromatic rings. The van der Waals surface area contributed by atoms with Gasteiger partial charge in [0.2, 0.25) is 10.0 Å². The summed E-state index contributed by atoms with van der Waals surface area (Å²) in [6.45, 7) is 3.23. The fourth-order valence-electron chi connectivity index (χ4n) is 1.97. The summed E-state index contributed by atoms with van der Waals surface area (Å²) in [5.74, 6) is 0. The van der Waals surface area contributed by atoms with Crippen LogP contribution in [0.3, 0.4) is 0 Å². The summed E-state index contributed by atoms with van der Waals surface area (Å²) in [5.41, 5.74) is 0. The van der Waals surface area contributed by atoms with E-state index in [2.05, 4.69) is 6.92 Å².